The molecule has 0 aliphatic heterocycles. The monoisotopic (exact) mass is 290 g/mol. The Bertz CT molecular complexity index is 577. The van der Waals surface area contributed by atoms with Crippen molar-refractivity contribution < 1.29 is 29.6 Å². The Morgan fingerprint density at radius 1 is 0.857 bits per heavy atom. The summed E-state index contributed by atoms with van der Waals surface area (Å²) in [6, 6.07) is 14.1. The maximum atomic E-state index is 10.8. The maximum absolute atomic E-state index is 10.8. The number of hydrogen-bond donors (Lipinski definition) is 2. The third kappa shape index (κ3) is 5.33. The molecular weight excluding hydrogens is 276 g/mol. The molecule has 0 radical (unpaired) electrons. The number of carbonyl (C=O) groups excluding carboxylic acids is 2. The maximum Gasteiger partial charge on any atom is 0.372 e. The van der Waals surface area contributed by atoms with Gasteiger partial charge in [-0.2, -0.15) is 5.26 Å². The summed E-state index contributed by atoms with van der Waals surface area (Å²) in [6.45, 7) is 0. The quantitative estimate of drug-likeness (QED) is 0.501. The minimum absolute atomic E-state index is 0.137. The highest BCUT2D eigenvalue weighted by molar-refractivity contribution is 5.89. The third-order valence-corrected chi connectivity index (χ3v) is 2.38. The zero-order chi connectivity index (χ0) is 15.7. The molecule has 0 saturated carbocycles. The van der Waals surface area contributed by atoms with Crippen LogP contribution in [0.15, 0.2) is 54.6 Å². The van der Waals surface area contributed by atoms with Crippen molar-refractivity contribution in [3.8, 4) is 5.75 Å². The number of benzene rings is 2. The first-order valence-electron chi connectivity index (χ1n) is 5.86. The van der Waals surface area contributed by atoms with Crippen molar-refractivity contribution in [2.45, 2.75) is 0 Å². The first kappa shape index (κ1) is 16.2. The predicted molar refractivity (Wildman–Crippen MR) is 73.9 cm³/mol. The Hall–Kier alpha value is -2.86. The van der Waals surface area contributed by atoms with Crippen LogP contribution >= 0.6 is 0 Å². The van der Waals surface area contributed by atoms with Gasteiger partial charge in [0, 0.05) is 0 Å². The summed E-state index contributed by atoms with van der Waals surface area (Å²) in [5.74, 6) is -0.997. The van der Waals surface area contributed by atoms with Crippen LogP contribution in [-0.2, 0) is 9.62 Å². The zero-order valence-corrected chi connectivity index (χ0v) is 11.2. The number of aromatic hydroxyl groups is 1. The van der Waals surface area contributed by atoms with Crippen LogP contribution in [0.5, 0.6) is 5.75 Å². The summed E-state index contributed by atoms with van der Waals surface area (Å²) in [4.78, 5) is 24.9. The number of phenols is 1. The van der Waals surface area contributed by atoms with E-state index in [0.717, 1.165) is 0 Å². The molecule has 2 rings (SSSR count). The van der Waals surface area contributed by atoms with E-state index in [9.17, 15) is 9.59 Å². The van der Waals surface area contributed by atoms with Crippen LogP contribution in [0, 0.1) is 0 Å². The second-order valence-electron chi connectivity index (χ2n) is 3.78. The van der Waals surface area contributed by atoms with E-state index in [1.165, 1.54) is 31.4 Å². The van der Waals surface area contributed by atoms with E-state index in [1.807, 2.05) is 0 Å². The van der Waals surface area contributed by atoms with E-state index in [-0.39, 0.29) is 5.75 Å². The van der Waals surface area contributed by atoms with E-state index in [4.69, 9.17) is 10.4 Å². The molecule has 0 heterocycles. The lowest BCUT2D eigenvalue weighted by molar-refractivity contribution is -0.182. The molecule has 2 aromatic carbocycles. The van der Waals surface area contributed by atoms with E-state index in [2.05, 4.69) is 9.62 Å². The molecule has 0 aromatic heterocycles. The number of methoxy groups -OCH3 is 1. The molecule has 0 spiro atoms. The highest BCUT2D eigenvalue weighted by Gasteiger charge is 2.03. The average molecular weight is 290 g/mol. The largest absolute Gasteiger partial charge is 0.508 e. The van der Waals surface area contributed by atoms with E-state index >= 15 is 0 Å². The van der Waals surface area contributed by atoms with Gasteiger partial charge in [0.1, 0.15) is 5.75 Å². The molecule has 0 amide bonds. The molecule has 0 aliphatic rings. The summed E-state index contributed by atoms with van der Waals surface area (Å²) in [5.41, 5.74) is 0.773. The van der Waals surface area contributed by atoms with Crippen molar-refractivity contribution in [1.82, 2.24) is 0 Å². The smallest absolute Gasteiger partial charge is 0.372 e. The number of carbonyl (C=O) groups is 2. The zero-order valence-electron chi connectivity index (χ0n) is 11.2. The summed E-state index contributed by atoms with van der Waals surface area (Å²) >= 11 is 0. The van der Waals surface area contributed by atoms with Crippen molar-refractivity contribution in [2.75, 3.05) is 7.11 Å². The Kier molecular flexibility index (Phi) is 6.43. The minimum atomic E-state index is -0.736. The fraction of sp³-hybridized carbons (Fsp3) is 0.0667. The molecule has 6 nitrogen and oxygen atoms in total. The molecule has 6 heteroatoms. The van der Waals surface area contributed by atoms with Gasteiger partial charge in [0.15, 0.2) is 0 Å². The second-order valence-corrected chi connectivity index (χ2v) is 3.78. The highest BCUT2D eigenvalue weighted by Crippen LogP contribution is 2.09. The first-order valence-corrected chi connectivity index (χ1v) is 5.86. The number of hydrogen-bond acceptors (Lipinski definition) is 6. The first-order chi connectivity index (χ1) is 10.1. The predicted octanol–water partition coefficient (Wildman–Crippen LogP) is 2.50. The second kappa shape index (κ2) is 8.34. The van der Waals surface area contributed by atoms with Crippen molar-refractivity contribution in [1.29, 1.82) is 0 Å². The van der Waals surface area contributed by atoms with Gasteiger partial charge in [-0.1, -0.05) is 18.2 Å². The summed E-state index contributed by atoms with van der Waals surface area (Å²) in [6.07, 6.45) is 0. The molecule has 2 N–H and O–H groups in total. The van der Waals surface area contributed by atoms with E-state index in [1.54, 1.807) is 30.3 Å². The molecule has 0 saturated heterocycles. The molecule has 110 valence electrons. The van der Waals surface area contributed by atoms with Gasteiger partial charge < -0.3 is 9.84 Å². The van der Waals surface area contributed by atoms with Crippen LogP contribution in [0.2, 0.25) is 0 Å². The number of esters is 1. The van der Waals surface area contributed by atoms with Gasteiger partial charge >= 0.3 is 11.9 Å². The van der Waals surface area contributed by atoms with Gasteiger partial charge in [-0.3, -0.25) is 4.89 Å². The molecule has 0 atom stereocenters. The summed E-state index contributed by atoms with van der Waals surface area (Å²) in [7, 11) is 1.31. The van der Waals surface area contributed by atoms with Crippen LogP contribution < -0.4 is 0 Å². The third-order valence-electron chi connectivity index (χ3n) is 2.38. The van der Waals surface area contributed by atoms with Crippen LogP contribution in [0.1, 0.15) is 20.7 Å². The molecule has 21 heavy (non-hydrogen) atoms. The van der Waals surface area contributed by atoms with Gasteiger partial charge in [-0.25, -0.2) is 9.59 Å². The topological polar surface area (TPSA) is 93.1 Å². The lowest BCUT2D eigenvalue weighted by Gasteiger charge is -1.97. The Morgan fingerprint density at radius 2 is 1.38 bits per heavy atom. The van der Waals surface area contributed by atoms with Crippen LogP contribution in [0.25, 0.3) is 0 Å². The summed E-state index contributed by atoms with van der Waals surface area (Å²) in [5, 5.41) is 16.8. The van der Waals surface area contributed by atoms with Gasteiger partial charge in [0.25, 0.3) is 0 Å². The molecular formula is C15H14O6. The van der Waals surface area contributed by atoms with Crippen LogP contribution in [0.4, 0.5) is 0 Å². The number of rotatable bonds is 2. The average Bonchev–Trinajstić information content (AvgIpc) is 2.55. The Morgan fingerprint density at radius 3 is 1.86 bits per heavy atom. The SMILES string of the molecule is COC(=O)c1ccc(O)cc1.O=C(OO)c1ccccc1. The molecule has 0 fully saturated rings. The normalized spacial score (nSPS) is 9.05. The van der Waals surface area contributed by atoms with Gasteiger partial charge in [-0.05, 0) is 36.4 Å². The van der Waals surface area contributed by atoms with E-state index < -0.39 is 11.9 Å². The summed E-state index contributed by atoms with van der Waals surface area (Å²) < 4.78 is 4.46. The lowest BCUT2D eigenvalue weighted by atomic mass is 10.2. The van der Waals surface area contributed by atoms with Crippen LogP contribution in [-0.4, -0.2) is 29.4 Å². The lowest BCUT2D eigenvalue weighted by Crippen LogP contribution is -2.00. The number of ether oxygens (including phenoxy) is 1. The van der Waals surface area contributed by atoms with Crippen molar-refractivity contribution >= 4 is 11.9 Å². The molecule has 0 bridgehead atoms. The Labute approximate surface area is 121 Å². The molecule has 0 unspecified atom stereocenters. The standard InChI is InChI=1S/C8H8O3.C7H6O3/c1-11-8(10)6-2-4-7(9)5-3-6;8-7(10-9)6-4-2-1-3-5-6/h2-5,9H,1H3;1-5,9H. The fourth-order valence-corrected chi connectivity index (χ4v) is 1.34. The van der Waals surface area contributed by atoms with Gasteiger partial charge in [0.2, 0.25) is 0 Å². The number of phenolic OH excluding ortho intramolecular Hbond substituents is 1. The molecule has 2 aromatic rings. The fourth-order valence-electron chi connectivity index (χ4n) is 1.34. The van der Waals surface area contributed by atoms with Crippen LogP contribution in [0.3, 0.4) is 0 Å². The van der Waals surface area contributed by atoms with Gasteiger partial charge in [-0.15, -0.1) is 0 Å². The minimum Gasteiger partial charge on any atom is -0.508 e. The Balaban J connectivity index is 0.000000211. The van der Waals surface area contributed by atoms with E-state index in [0.29, 0.717) is 11.1 Å². The van der Waals surface area contributed by atoms with Crippen molar-refractivity contribution in [2.24, 2.45) is 0 Å². The van der Waals surface area contributed by atoms with Crippen molar-refractivity contribution in [3.05, 3.63) is 65.7 Å². The van der Waals surface area contributed by atoms with Crippen molar-refractivity contribution in [3.63, 3.8) is 0 Å². The highest BCUT2D eigenvalue weighted by atomic mass is 17.1. The van der Waals surface area contributed by atoms with Gasteiger partial charge in [0.05, 0.1) is 18.2 Å². The molecule has 0 aliphatic carbocycles.